The molecule has 182 valence electrons. The number of aryl methyl sites for hydroxylation is 1. The van der Waals surface area contributed by atoms with Crippen molar-refractivity contribution < 1.29 is 4.74 Å². The quantitative estimate of drug-likeness (QED) is 0.286. The van der Waals surface area contributed by atoms with E-state index in [9.17, 15) is 0 Å². The van der Waals surface area contributed by atoms with Gasteiger partial charge in [-0.25, -0.2) is 0 Å². The highest BCUT2D eigenvalue weighted by Crippen LogP contribution is 2.18. The summed E-state index contributed by atoms with van der Waals surface area (Å²) < 4.78 is 7.99. The number of aromatic nitrogens is 3. The molecule has 8 nitrogen and oxygen atoms in total. The van der Waals surface area contributed by atoms with Crippen molar-refractivity contribution in [1.29, 1.82) is 0 Å². The first-order valence-electron chi connectivity index (χ1n) is 12.1. The summed E-state index contributed by atoms with van der Waals surface area (Å²) in [6.45, 7) is 9.43. The van der Waals surface area contributed by atoms with Gasteiger partial charge in [0, 0.05) is 51.7 Å². The second-order valence-electron chi connectivity index (χ2n) is 8.62. The maximum absolute atomic E-state index is 5.88. The Bertz CT molecular complexity index is 830. The summed E-state index contributed by atoms with van der Waals surface area (Å²) >= 11 is 0. The van der Waals surface area contributed by atoms with Gasteiger partial charge in [0.05, 0.1) is 6.54 Å². The van der Waals surface area contributed by atoms with Crippen molar-refractivity contribution in [2.24, 2.45) is 4.99 Å². The number of ether oxygens (including phenoxy) is 1. The first-order valence-corrected chi connectivity index (χ1v) is 12.1. The van der Waals surface area contributed by atoms with Gasteiger partial charge in [-0.3, -0.25) is 9.89 Å². The molecule has 0 atom stereocenters. The van der Waals surface area contributed by atoms with E-state index >= 15 is 0 Å². The molecule has 2 fully saturated rings. The lowest BCUT2D eigenvalue weighted by Crippen LogP contribution is -2.54. The van der Waals surface area contributed by atoms with Crippen LogP contribution in [0.1, 0.15) is 38.4 Å². The van der Waals surface area contributed by atoms with Crippen molar-refractivity contribution in [3.63, 3.8) is 0 Å². The molecule has 4 rings (SSSR count). The number of aliphatic imine (C=N–C) groups is 1. The van der Waals surface area contributed by atoms with Gasteiger partial charge in [0.2, 0.25) is 0 Å². The standard InChI is InChI=1S/C24H37N7O.HI/c1-2-23-28-26-20-31(23)13-12-25-24(27-21-8-6-7-9-21)30-16-14-29(15-17-30)18-19-32-22-10-4-3-5-11-22;/h3-5,10-11,20-21H,2,6-9,12-19H2,1H3,(H,25,27);1H. The van der Waals surface area contributed by atoms with Crippen LogP contribution in [0, 0.1) is 0 Å². The largest absolute Gasteiger partial charge is 0.492 e. The zero-order valence-electron chi connectivity index (χ0n) is 19.7. The van der Waals surface area contributed by atoms with Gasteiger partial charge >= 0.3 is 0 Å². The Hall–Kier alpha value is -1.88. The molecule has 1 aliphatic carbocycles. The van der Waals surface area contributed by atoms with Gasteiger partial charge in [0.1, 0.15) is 24.5 Å². The predicted molar refractivity (Wildman–Crippen MR) is 142 cm³/mol. The normalized spacial score (nSPS) is 17.7. The lowest BCUT2D eigenvalue weighted by atomic mass is 10.2. The molecule has 1 aliphatic heterocycles. The van der Waals surface area contributed by atoms with Crippen LogP contribution in [0.4, 0.5) is 0 Å². The molecule has 1 N–H and O–H groups in total. The fraction of sp³-hybridized carbons (Fsp3) is 0.625. The minimum Gasteiger partial charge on any atom is -0.492 e. The van der Waals surface area contributed by atoms with Gasteiger partial charge in [-0.2, -0.15) is 0 Å². The van der Waals surface area contributed by atoms with E-state index < -0.39 is 0 Å². The molecule has 2 aliphatic rings. The van der Waals surface area contributed by atoms with Crippen LogP contribution < -0.4 is 10.1 Å². The van der Waals surface area contributed by atoms with Gasteiger partial charge in [0.15, 0.2) is 5.96 Å². The second-order valence-corrected chi connectivity index (χ2v) is 8.62. The number of rotatable bonds is 9. The summed E-state index contributed by atoms with van der Waals surface area (Å²) in [5.41, 5.74) is 0. The summed E-state index contributed by atoms with van der Waals surface area (Å²) in [5.74, 6) is 3.04. The minimum atomic E-state index is 0. The maximum Gasteiger partial charge on any atom is 0.194 e. The molecule has 1 saturated carbocycles. The topological polar surface area (TPSA) is 70.8 Å². The zero-order chi connectivity index (χ0) is 22.0. The average molecular weight is 568 g/mol. The molecular formula is C24H38IN7O. The van der Waals surface area contributed by atoms with E-state index in [-0.39, 0.29) is 24.0 Å². The molecule has 1 aromatic heterocycles. The van der Waals surface area contributed by atoms with Crippen LogP contribution in [0.15, 0.2) is 41.7 Å². The molecule has 0 spiro atoms. The predicted octanol–water partition coefficient (Wildman–Crippen LogP) is 3.04. The Morgan fingerprint density at radius 1 is 1.09 bits per heavy atom. The number of hydrogen-bond donors (Lipinski definition) is 1. The summed E-state index contributed by atoms with van der Waals surface area (Å²) in [6, 6.07) is 10.6. The number of piperazine rings is 1. The number of nitrogens with zero attached hydrogens (tertiary/aromatic N) is 6. The Kier molecular flexibility index (Phi) is 10.7. The Morgan fingerprint density at radius 3 is 2.58 bits per heavy atom. The number of hydrogen-bond acceptors (Lipinski definition) is 5. The molecule has 1 aromatic carbocycles. The molecule has 33 heavy (non-hydrogen) atoms. The molecule has 2 heterocycles. The number of halogens is 1. The van der Waals surface area contributed by atoms with E-state index in [1.807, 2.05) is 36.7 Å². The van der Waals surface area contributed by atoms with Crippen LogP contribution in [0.25, 0.3) is 0 Å². The van der Waals surface area contributed by atoms with Crippen molar-refractivity contribution in [2.75, 3.05) is 45.9 Å². The van der Waals surface area contributed by atoms with Gasteiger partial charge in [-0.1, -0.05) is 38.0 Å². The molecule has 1 saturated heterocycles. The smallest absolute Gasteiger partial charge is 0.194 e. The highest BCUT2D eigenvalue weighted by Gasteiger charge is 2.23. The monoisotopic (exact) mass is 567 g/mol. The average Bonchev–Trinajstić information content (AvgIpc) is 3.51. The highest BCUT2D eigenvalue weighted by molar-refractivity contribution is 14.0. The highest BCUT2D eigenvalue weighted by atomic mass is 127. The number of benzene rings is 1. The minimum absolute atomic E-state index is 0. The SMILES string of the molecule is CCc1nncn1CCN=C(NC1CCCC1)N1CCN(CCOc2ccccc2)CC1.I. The van der Waals surface area contributed by atoms with Crippen molar-refractivity contribution in [3.05, 3.63) is 42.5 Å². The van der Waals surface area contributed by atoms with Gasteiger partial charge in [0.25, 0.3) is 0 Å². The zero-order valence-corrected chi connectivity index (χ0v) is 22.1. The first kappa shape index (κ1) is 25.7. The summed E-state index contributed by atoms with van der Waals surface area (Å²) in [6.07, 6.45) is 7.85. The van der Waals surface area contributed by atoms with E-state index in [2.05, 4.69) is 36.8 Å². The van der Waals surface area contributed by atoms with E-state index in [4.69, 9.17) is 9.73 Å². The van der Waals surface area contributed by atoms with Crippen LogP contribution in [-0.2, 0) is 13.0 Å². The van der Waals surface area contributed by atoms with Crippen molar-refractivity contribution >= 4 is 29.9 Å². The molecule has 2 aromatic rings. The molecule has 9 heteroatoms. The van der Waals surface area contributed by atoms with Crippen molar-refractivity contribution in [1.82, 2.24) is 29.9 Å². The Labute approximate surface area is 214 Å². The van der Waals surface area contributed by atoms with Gasteiger partial charge in [-0.15, -0.1) is 34.2 Å². The van der Waals surface area contributed by atoms with Gasteiger partial charge < -0.3 is 19.5 Å². The molecule has 0 unspecified atom stereocenters. The van der Waals surface area contributed by atoms with E-state index in [0.29, 0.717) is 6.04 Å². The number of nitrogens with one attached hydrogen (secondary N) is 1. The van der Waals surface area contributed by atoms with Crippen LogP contribution in [-0.4, -0.2) is 82.4 Å². The van der Waals surface area contributed by atoms with E-state index in [1.54, 1.807) is 0 Å². The Balaban J connectivity index is 0.00000306. The van der Waals surface area contributed by atoms with Crippen LogP contribution >= 0.6 is 24.0 Å². The van der Waals surface area contributed by atoms with Crippen LogP contribution in [0.2, 0.25) is 0 Å². The third kappa shape index (κ3) is 7.84. The maximum atomic E-state index is 5.88. The van der Waals surface area contributed by atoms with Crippen molar-refractivity contribution in [3.8, 4) is 5.75 Å². The Morgan fingerprint density at radius 2 is 1.85 bits per heavy atom. The third-order valence-corrected chi connectivity index (χ3v) is 6.39. The third-order valence-electron chi connectivity index (χ3n) is 6.39. The van der Waals surface area contributed by atoms with Crippen molar-refractivity contribution in [2.45, 2.75) is 51.6 Å². The molecular weight excluding hydrogens is 529 g/mol. The number of guanidine groups is 1. The second kappa shape index (κ2) is 13.7. The fourth-order valence-corrected chi connectivity index (χ4v) is 4.49. The summed E-state index contributed by atoms with van der Waals surface area (Å²) in [4.78, 5) is 9.91. The lowest BCUT2D eigenvalue weighted by molar-refractivity contribution is 0.151. The number of para-hydroxylation sites is 1. The molecule has 0 radical (unpaired) electrons. The molecule has 0 amide bonds. The lowest BCUT2D eigenvalue weighted by Gasteiger charge is -2.37. The van der Waals surface area contributed by atoms with E-state index in [0.717, 1.165) is 76.4 Å². The van der Waals surface area contributed by atoms with Crippen LogP contribution in [0.5, 0.6) is 5.75 Å². The van der Waals surface area contributed by atoms with Gasteiger partial charge in [-0.05, 0) is 25.0 Å². The summed E-state index contributed by atoms with van der Waals surface area (Å²) in [5, 5.41) is 12.0. The molecule has 0 bridgehead atoms. The van der Waals surface area contributed by atoms with E-state index in [1.165, 1.54) is 25.7 Å². The first-order chi connectivity index (χ1) is 15.8. The van der Waals surface area contributed by atoms with Crippen LogP contribution in [0.3, 0.4) is 0 Å². The fourth-order valence-electron chi connectivity index (χ4n) is 4.49. The summed E-state index contributed by atoms with van der Waals surface area (Å²) in [7, 11) is 0.